The molecular formula is C14H17F2NO3. The molecule has 0 aliphatic heterocycles. The van der Waals surface area contributed by atoms with Crippen molar-refractivity contribution in [3.63, 3.8) is 0 Å². The number of nitrogens with zero attached hydrogens (tertiary/aromatic N) is 1. The molecule has 0 N–H and O–H groups in total. The lowest BCUT2D eigenvalue weighted by Gasteiger charge is -2.20. The number of methoxy groups -OCH3 is 1. The van der Waals surface area contributed by atoms with Crippen molar-refractivity contribution in [3.05, 3.63) is 35.4 Å². The van der Waals surface area contributed by atoms with E-state index in [1.54, 1.807) is 0 Å². The molecule has 20 heavy (non-hydrogen) atoms. The molecule has 0 aliphatic rings. The highest BCUT2D eigenvalue weighted by molar-refractivity contribution is 5.83. The average molecular weight is 285 g/mol. The molecule has 4 nitrogen and oxygen atoms in total. The number of ether oxygens (including phenoxy) is 1. The van der Waals surface area contributed by atoms with Crippen molar-refractivity contribution in [2.45, 2.75) is 19.8 Å². The lowest BCUT2D eigenvalue weighted by molar-refractivity contribution is -0.146. The highest BCUT2D eigenvalue weighted by atomic mass is 19.2. The van der Waals surface area contributed by atoms with Crippen LogP contribution < -0.4 is 0 Å². The predicted molar refractivity (Wildman–Crippen MR) is 68.9 cm³/mol. The van der Waals surface area contributed by atoms with E-state index in [2.05, 4.69) is 4.74 Å². The molecule has 1 aromatic carbocycles. The first-order valence-electron chi connectivity index (χ1n) is 6.27. The monoisotopic (exact) mass is 285 g/mol. The van der Waals surface area contributed by atoms with E-state index < -0.39 is 23.5 Å². The molecule has 1 aromatic rings. The summed E-state index contributed by atoms with van der Waals surface area (Å²) in [5.41, 5.74) is -0.0269. The van der Waals surface area contributed by atoms with Gasteiger partial charge in [-0.2, -0.15) is 0 Å². The zero-order valence-electron chi connectivity index (χ0n) is 11.5. The van der Waals surface area contributed by atoms with Gasteiger partial charge in [0, 0.05) is 12.1 Å². The van der Waals surface area contributed by atoms with Crippen molar-refractivity contribution in [2.75, 3.05) is 20.2 Å². The van der Waals surface area contributed by atoms with Crippen molar-refractivity contribution in [3.8, 4) is 0 Å². The first kappa shape index (κ1) is 16.1. The maximum Gasteiger partial charge on any atom is 0.325 e. The summed E-state index contributed by atoms with van der Waals surface area (Å²) in [4.78, 5) is 24.5. The third-order valence-corrected chi connectivity index (χ3v) is 2.77. The normalized spacial score (nSPS) is 10.2. The standard InChI is InChI=1S/C14H17F2NO3/c1-3-7-17(9-13(19)20-2)12(18)8-10-5-4-6-11(15)14(10)16/h4-6H,3,7-9H2,1-2H3. The molecule has 0 unspecified atom stereocenters. The highest BCUT2D eigenvalue weighted by Crippen LogP contribution is 2.13. The molecular weight excluding hydrogens is 268 g/mol. The van der Waals surface area contributed by atoms with Crippen LogP contribution in [0, 0.1) is 11.6 Å². The Balaban J connectivity index is 2.80. The number of rotatable bonds is 6. The van der Waals surface area contributed by atoms with Gasteiger partial charge in [-0.1, -0.05) is 19.1 Å². The molecule has 0 saturated carbocycles. The number of carbonyl (C=O) groups excluding carboxylic acids is 2. The van der Waals surface area contributed by atoms with Crippen LogP contribution in [0.1, 0.15) is 18.9 Å². The second-order valence-electron chi connectivity index (χ2n) is 4.28. The van der Waals surface area contributed by atoms with Gasteiger partial charge in [-0.3, -0.25) is 9.59 Å². The molecule has 1 rings (SSSR count). The molecule has 6 heteroatoms. The number of hydrogen-bond acceptors (Lipinski definition) is 3. The maximum absolute atomic E-state index is 13.5. The number of halogens is 2. The van der Waals surface area contributed by atoms with Gasteiger partial charge < -0.3 is 9.64 Å². The summed E-state index contributed by atoms with van der Waals surface area (Å²) in [6.07, 6.45) is 0.356. The fraction of sp³-hybridized carbons (Fsp3) is 0.429. The largest absolute Gasteiger partial charge is 0.468 e. The Morgan fingerprint density at radius 3 is 2.60 bits per heavy atom. The first-order valence-corrected chi connectivity index (χ1v) is 6.27. The van der Waals surface area contributed by atoms with Crippen LogP contribution in [0.25, 0.3) is 0 Å². The summed E-state index contributed by atoms with van der Waals surface area (Å²) in [5, 5.41) is 0. The van der Waals surface area contributed by atoms with Crippen LogP contribution in [0.4, 0.5) is 8.78 Å². The van der Waals surface area contributed by atoms with Crippen LogP contribution in [-0.4, -0.2) is 37.0 Å². The number of hydrogen-bond donors (Lipinski definition) is 0. The van der Waals surface area contributed by atoms with Crippen LogP contribution in [0.2, 0.25) is 0 Å². The molecule has 0 aliphatic carbocycles. The third-order valence-electron chi connectivity index (χ3n) is 2.77. The first-order chi connectivity index (χ1) is 9.49. The Hall–Kier alpha value is -1.98. The third kappa shape index (κ3) is 4.29. The van der Waals surface area contributed by atoms with Crippen LogP contribution in [0.5, 0.6) is 0 Å². The van der Waals surface area contributed by atoms with Gasteiger partial charge in [0.25, 0.3) is 0 Å². The molecule has 0 spiro atoms. The van der Waals surface area contributed by atoms with E-state index >= 15 is 0 Å². The molecule has 0 aromatic heterocycles. The fourth-order valence-corrected chi connectivity index (χ4v) is 1.74. The number of amides is 1. The van der Waals surface area contributed by atoms with Crippen molar-refractivity contribution < 1.29 is 23.1 Å². The van der Waals surface area contributed by atoms with Crippen LogP contribution in [-0.2, 0) is 20.7 Å². The Kier molecular flexibility index (Phi) is 6.09. The van der Waals surface area contributed by atoms with Gasteiger partial charge in [0.1, 0.15) is 6.54 Å². The average Bonchev–Trinajstić information content (AvgIpc) is 2.43. The second kappa shape index (κ2) is 7.57. The van der Waals surface area contributed by atoms with E-state index in [1.807, 2.05) is 6.92 Å². The Labute approximate surface area is 116 Å². The van der Waals surface area contributed by atoms with Gasteiger partial charge in [0.2, 0.25) is 5.91 Å². The van der Waals surface area contributed by atoms with Gasteiger partial charge in [-0.15, -0.1) is 0 Å². The second-order valence-corrected chi connectivity index (χ2v) is 4.28. The van der Waals surface area contributed by atoms with Gasteiger partial charge in [-0.25, -0.2) is 8.78 Å². The van der Waals surface area contributed by atoms with Crippen molar-refractivity contribution in [1.82, 2.24) is 4.90 Å². The SMILES string of the molecule is CCCN(CC(=O)OC)C(=O)Cc1cccc(F)c1F. The van der Waals surface area contributed by atoms with Gasteiger partial charge in [0.05, 0.1) is 13.5 Å². The summed E-state index contributed by atoms with van der Waals surface area (Å²) in [6, 6.07) is 3.67. The summed E-state index contributed by atoms with van der Waals surface area (Å²) >= 11 is 0. The van der Waals surface area contributed by atoms with E-state index in [0.717, 1.165) is 6.07 Å². The van der Waals surface area contributed by atoms with Crippen LogP contribution in [0.3, 0.4) is 0 Å². The number of esters is 1. The number of carbonyl (C=O) groups is 2. The van der Waals surface area contributed by atoms with Crippen LogP contribution >= 0.6 is 0 Å². The molecule has 0 atom stereocenters. The van der Waals surface area contributed by atoms with Gasteiger partial charge in [0.15, 0.2) is 11.6 Å². The Morgan fingerprint density at radius 2 is 2.00 bits per heavy atom. The van der Waals surface area contributed by atoms with Crippen molar-refractivity contribution in [2.24, 2.45) is 0 Å². The molecule has 0 saturated heterocycles. The smallest absolute Gasteiger partial charge is 0.325 e. The van der Waals surface area contributed by atoms with E-state index in [9.17, 15) is 18.4 Å². The summed E-state index contributed by atoms with van der Waals surface area (Å²) in [7, 11) is 1.23. The minimum absolute atomic E-state index is 0.0269. The molecule has 0 fully saturated rings. The molecule has 0 radical (unpaired) electrons. The molecule has 0 bridgehead atoms. The Morgan fingerprint density at radius 1 is 1.30 bits per heavy atom. The summed E-state index contributed by atoms with van der Waals surface area (Å²) < 4.78 is 31.1. The minimum atomic E-state index is -1.03. The zero-order valence-corrected chi connectivity index (χ0v) is 11.5. The predicted octanol–water partition coefficient (Wildman–Crippen LogP) is 1.92. The Bertz CT molecular complexity index is 491. The zero-order chi connectivity index (χ0) is 15.1. The quantitative estimate of drug-likeness (QED) is 0.750. The van der Waals surface area contributed by atoms with Crippen molar-refractivity contribution in [1.29, 1.82) is 0 Å². The topological polar surface area (TPSA) is 46.6 Å². The number of benzene rings is 1. The molecule has 1 amide bonds. The van der Waals surface area contributed by atoms with E-state index in [-0.39, 0.29) is 18.5 Å². The minimum Gasteiger partial charge on any atom is -0.468 e. The lowest BCUT2D eigenvalue weighted by atomic mass is 10.1. The summed E-state index contributed by atoms with van der Waals surface area (Å²) in [5.74, 6) is -3.02. The lowest BCUT2D eigenvalue weighted by Crippen LogP contribution is -2.37. The van der Waals surface area contributed by atoms with Gasteiger partial charge >= 0.3 is 5.97 Å². The fourth-order valence-electron chi connectivity index (χ4n) is 1.74. The van der Waals surface area contributed by atoms with E-state index in [4.69, 9.17) is 0 Å². The highest BCUT2D eigenvalue weighted by Gasteiger charge is 2.19. The van der Waals surface area contributed by atoms with Gasteiger partial charge in [-0.05, 0) is 12.5 Å². The molecule has 0 heterocycles. The van der Waals surface area contributed by atoms with E-state index in [0.29, 0.717) is 13.0 Å². The van der Waals surface area contributed by atoms with Crippen LogP contribution in [0.15, 0.2) is 18.2 Å². The maximum atomic E-state index is 13.5. The van der Waals surface area contributed by atoms with Crippen molar-refractivity contribution >= 4 is 11.9 Å². The van der Waals surface area contributed by atoms with E-state index in [1.165, 1.54) is 24.1 Å². The molecule has 110 valence electrons. The summed E-state index contributed by atoms with van der Waals surface area (Å²) in [6.45, 7) is 2.01.